The van der Waals surface area contributed by atoms with Crippen LogP contribution in [0.15, 0.2) is 42.6 Å². The largest absolute Gasteiger partial charge is 0.493 e. The van der Waals surface area contributed by atoms with Gasteiger partial charge in [-0.3, -0.25) is 4.79 Å². The number of carbonyl (C=O) groups is 2. The lowest BCUT2D eigenvalue weighted by Crippen LogP contribution is -2.29. The Kier molecular flexibility index (Phi) is 7.83. The third-order valence-electron chi connectivity index (χ3n) is 3.54. The summed E-state index contributed by atoms with van der Waals surface area (Å²) in [4.78, 5) is 28.0. The molecule has 0 aliphatic heterocycles. The van der Waals surface area contributed by atoms with Crippen LogP contribution in [0.25, 0.3) is 6.08 Å². The molecule has 0 radical (unpaired) electrons. The van der Waals surface area contributed by atoms with Crippen molar-refractivity contribution in [1.82, 2.24) is 4.98 Å². The highest BCUT2D eigenvalue weighted by molar-refractivity contribution is 6.30. The van der Waals surface area contributed by atoms with Gasteiger partial charge in [0.2, 0.25) is 0 Å². The summed E-state index contributed by atoms with van der Waals surface area (Å²) in [5.41, 5.74) is 0.722. The third-order valence-corrected chi connectivity index (χ3v) is 3.76. The Morgan fingerprint density at radius 3 is 2.68 bits per heavy atom. The quantitative estimate of drug-likeness (QED) is 0.533. The summed E-state index contributed by atoms with van der Waals surface area (Å²) in [5, 5.41) is 2.99. The second kappa shape index (κ2) is 10.3. The van der Waals surface area contributed by atoms with Crippen LogP contribution in [0, 0.1) is 0 Å². The molecule has 28 heavy (non-hydrogen) atoms. The van der Waals surface area contributed by atoms with E-state index < -0.39 is 18.0 Å². The minimum Gasteiger partial charge on any atom is -0.493 e. The lowest BCUT2D eigenvalue weighted by molar-refractivity contribution is -0.148. The zero-order valence-electron chi connectivity index (χ0n) is 15.8. The van der Waals surface area contributed by atoms with Crippen molar-refractivity contribution in [2.45, 2.75) is 20.0 Å². The van der Waals surface area contributed by atoms with E-state index in [0.717, 1.165) is 5.56 Å². The van der Waals surface area contributed by atoms with Crippen LogP contribution in [0.5, 0.6) is 11.5 Å². The van der Waals surface area contributed by atoms with E-state index in [-0.39, 0.29) is 0 Å². The fourth-order valence-electron chi connectivity index (χ4n) is 2.17. The number of carbonyl (C=O) groups excluding carboxylic acids is 2. The van der Waals surface area contributed by atoms with Crippen molar-refractivity contribution in [1.29, 1.82) is 0 Å². The zero-order chi connectivity index (χ0) is 20.5. The third kappa shape index (κ3) is 6.28. The lowest BCUT2D eigenvalue weighted by Gasteiger charge is -2.12. The average Bonchev–Trinajstić information content (AvgIpc) is 2.69. The highest BCUT2D eigenvalue weighted by atomic mass is 35.5. The zero-order valence-corrected chi connectivity index (χ0v) is 16.5. The molecule has 7 nitrogen and oxygen atoms in total. The normalized spacial score (nSPS) is 11.7. The van der Waals surface area contributed by atoms with E-state index in [1.807, 2.05) is 6.92 Å². The van der Waals surface area contributed by atoms with E-state index in [4.69, 9.17) is 25.8 Å². The van der Waals surface area contributed by atoms with Crippen LogP contribution in [0.2, 0.25) is 5.02 Å². The molecular weight excluding hydrogens is 384 g/mol. The Bertz CT molecular complexity index is 852. The number of methoxy groups -OCH3 is 1. The van der Waals surface area contributed by atoms with Gasteiger partial charge in [0.25, 0.3) is 5.91 Å². The van der Waals surface area contributed by atoms with Crippen LogP contribution >= 0.6 is 11.6 Å². The predicted molar refractivity (Wildman–Crippen MR) is 107 cm³/mol. The number of hydrogen-bond acceptors (Lipinski definition) is 6. The van der Waals surface area contributed by atoms with Crippen LogP contribution in [0.4, 0.5) is 5.82 Å². The van der Waals surface area contributed by atoms with Crippen molar-refractivity contribution in [3.63, 3.8) is 0 Å². The maximum atomic E-state index is 12.1. The first-order valence-corrected chi connectivity index (χ1v) is 8.92. The van der Waals surface area contributed by atoms with Crippen LogP contribution in [0.1, 0.15) is 19.4 Å². The number of hydrogen-bond donors (Lipinski definition) is 1. The molecule has 0 unspecified atom stereocenters. The first-order chi connectivity index (χ1) is 13.4. The Morgan fingerprint density at radius 1 is 1.25 bits per heavy atom. The van der Waals surface area contributed by atoms with E-state index in [1.54, 1.807) is 36.4 Å². The minimum absolute atomic E-state index is 0.314. The maximum Gasteiger partial charge on any atom is 0.331 e. The number of amides is 1. The molecule has 2 rings (SSSR count). The van der Waals surface area contributed by atoms with Gasteiger partial charge in [0.1, 0.15) is 5.82 Å². The molecule has 148 valence electrons. The number of anilines is 1. The van der Waals surface area contributed by atoms with Gasteiger partial charge in [0, 0.05) is 12.3 Å². The monoisotopic (exact) mass is 404 g/mol. The minimum atomic E-state index is -0.996. The second-order valence-corrected chi connectivity index (χ2v) is 6.04. The number of aromatic nitrogens is 1. The molecule has 8 heteroatoms. The molecule has 1 heterocycles. The van der Waals surface area contributed by atoms with Gasteiger partial charge >= 0.3 is 5.97 Å². The van der Waals surface area contributed by atoms with E-state index in [0.29, 0.717) is 28.9 Å². The number of pyridine rings is 1. The molecule has 1 atom stereocenters. The van der Waals surface area contributed by atoms with E-state index >= 15 is 0 Å². The second-order valence-electron chi connectivity index (χ2n) is 5.61. The van der Waals surface area contributed by atoms with Crippen molar-refractivity contribution in [2.75, 3.05) is 19.0 Å². The molecular formula is C20H21ClN2O5. The fourth-order valence-corrected chi connectivity index (χ4v) is 2.28. The van der Waals surface area contributed by atoms with Crippen LogP contribution in [-0.4, -0.2) is 36.7 Å². The van der Waals surface area contributed by atoms with Gasteiger partial charge in [-0.2, -0.15) is 0 Å². The topological polar surface area (TPSA) is 86.8 Å². The number of ether oxygens (including phenoxy) is 3. The van der Waals surface area contributed by atoms with Gasteiger partial charge in [-0.15, -0.1) is 0 Å². The Morgan fingerprint density at radius 2 is 2.04 bits per heavy atom. The number of benzene rings is 1. The summed E-state index contributed by atoms with van der Waals surface area (Å²) in [7, 11) is 1.54. The maximum absolute atomic E-state index is 12.1. The first-order valence-electron chi connectivity index (χ1n) is 8.55. The number of halogens is 1. The summed E-state index contributed by atoms with van der Waals surface area (Å²) >= 11 is 5.74. The Labute approximate surface area is 168 Å². The molecule has 0 saturated carbocycles. The van der Waals surface area contributed by atoms with Crippen LogP contribution in [0.3, 0.4) is 0 Å². The molecule has 0 saturated heterocycles. The summed E-state index contributed by atoms with van der Waals surface area (Å²) in [6.07, 6.45) is 3.21. The van der Waals surface area contributed by atoms with Gasteiger partial charge in [-0.25, -0.2) is 9.78 Å². The van der Waals surface area contributed by atoms with Crippen molar-refractivity contribution in [3.05, 3.63) is 53.2 Å². The molecule has 0 aliphatic rings. The van der Waals surface area contributed by atoms with Crippen molar-refractivity contribution < 1.29 is 23.8 Å². The molecule has 1 amide bonds. The number of nitrogens with zero attached hydrogens (tertiary/aromatic N) is 1. The summed E-state index contributed by atoms with van der Waals surface area (Å²) in [6.45, 7) is 3.86. The van der Waals surface area contributed by atoms with Gasteiger partial charge in [-0.1, -0.05) is 17.7 Å². The smallest absolute Gasteiger partial charge is 0.331 e. The first kappa shape index (κ1) is 21.2. The van der Waals surface area contributed by atoms with E-state index in [1.165, 1.54) is 26.3 Å². The predicted octanol–water partition coefficient (Wildman–Crippen LogP) is 3.73. The Balaban J connectivity index is 1.93. The molecule has 1 aromatic heterocycles. The van der Waals surface area contributed by atoms with Gasteiger partial charge < -0.3 is 19.5 Å². The van der Waals surface area contributed by atoms with Gasteiger partial charge in [0.05, 0.1) is 18.7 Å². The summed E-state index contributed by atoms with van der Waals surface area (Å²) in [6, 6.07) is 8.40. The van der Waals surface area contributed by atoms with E-state index in [2.05, 4.69) is 10.3 Å². The molecule has 1 N–H and O–H groups in total. The van der Waals surface area contributed by atoms with Crippen molar-refractivity contribution in [3.8, 4) is 11.5 Å². The molecule has 0 bridgehead atoms. The number of rotatable bonds is 8. The number of esters is 1. The SMILES string of the molecule is CCOc1ccc(/C=C/C(=O)O[C@H](C)C(=O)Nc2ccc(Cl)cn2)cc1OC. The van der Waals surface area contributed by atoms with Gasteiger partial charge in [0.15, 0.2) is 17.6 Å². The number of nitrogens with one attached hydrogen (secondary N) is 1. The van der Waals surface area contributed by atoms with Crippen LogP contribution < -0.4 is 14.8 Å². The molecule has 2 aromatic rings. The highest BCUT2D eigenvalue weighted by Crippen LogP contribution is 2.28. The average molecular weight is 405 g/mol. The summed E-state index contributed by atoms with van der Waals surface area (Å²) < 4.78 is 15.8. The molecule has 1 aromatic carbocycles. The molecule has 0 aliphatic carbocycles. The van der Waals surface area contributed by atoms with Crippen molar-refractivity contribution in [2.24, 2.45) is 0 Å². The van der Waals surface area contributed by atoms with Crippen LogP contribution in [-0.2, 0) is 14.3 Å². The summed E-state index contributed by atoms with van der Waals surface area (Å²) in [5.74, 6) is 0.333. The standard InChI is InChI=1S/C20H21ClN2O5/c1-4-27-16-8-5-14(11-17(16)26-3)6-10-19(24)28-13(2)20(25)23-18-9-7-15(21)12-22-18/h5-13H,4H2,1-3H3,(H,22,23,25)/b10-6+/t13-/m1/s1. The fraction of sp³-hybridized carbons (Fsp3) is 0.250. The Hall–Kier alpha value is -3.06. The van der Waals surface area contributed by atoms with E-state index in [9.17, 15) is 9.59 Å². The van der Waals surface area contributed by atoms with Crippen molar-refractivity contribution >= 4 is 35.4 Å². The highest BCUT2D eigenvalue weighted by Gasteiger charge is 2.17. The molecule has 0 spiro atoms. The molecule has 0 fully saturated rings. The lowest BCUT2D eigenvalue weighted by atomic mass is 10.2. The van der Waals surface area contributed by atoms with Gasteiger partial charge in [-0.05, 0) is 49.8 Å².